The molecule has 0 aliphatic carbocycles. The van der Waals surface area contributed by atoms with E-state index in [2.05, 4.69) is 10.3 Å². The molecule has 1 heterocycles. The van der Waals surface area contributed by atoms with E-state index in [1.807, 2.05) is 11.9 Å². The van der Waals surface area contributed by atoms with Gasteiger partial charge in [0.25, 0.3) is 15.6 Å². The average Bonchev–Trinajstić information content (AvgIpc) is 2.67. The molecule has 0 aliphatic rings. The smallest absolute Gasteiger partial charge is 0.325 e. The number of nitrogens with zero attached hydrogens (tertiary/aromatic N) is 1. The number of nitrogens with one attached hydrogen (secondary N) is 3. The SMILES string of the molecule is Cc1ccc(N(CC(=O)Nc2ccc(Cl)cc2)S(=O)(=O)c2c(C)[nH]c(=O)[nH]c2=O)cc1. The number of carbonyl (C=O) groups excluding carboxylic acids is 1. The Morgan fingerprint density at radius 3 is 2.19 bits per heavy atom. The van der Waals surface area contributed by atoms with Crippen molar-refractivity contribution in [1.29, 1.82) is 0 Å². The molecule has 162 valence electrons. The van der Waals surface area contributed by atoms with E-state index in [9.17, 15) is 22.8 Å². The number of amides is 1. The van der Waals surface area contributed by atoms with Gasteiger partial charge in [0.2, 0.25) is 5.91 Å². The van der Waals surface area contributed by atoms with Crippen molar-refractivity contribution in [2.75, 3.05) is 16.2 Å². The molecule has 3 N–H and O–H groups in total. The molecule has 0 saturated carbocycles. The van der Waals surface area contributed by atoms with Crippen LogP contribution in [0.5, 0.6) is 0 Å². The first kappa shape index (κ1) is 22.3. The fourth-order valence-electron chi connectivity index (χ4n) is 2.90. The molecule has 0 spiro atoms. The van der Waals surface area contributed by atoms with Crippen LogP contribution in [-0.2, 0) is 14.8 Å². The maximum absolute atomic E-state index is 13.4. The number of rotatable bonds is 6. The average molecular weight is 463 g/mol. The predicted octanol–water partition coefficient (Wildman–Crippen LogP) is 2.17. The second kappa shape index (κ2) is 8.78. The van der Waals surface area contributed by atoms with E-state index in [1.165, 1.54) is 19.1 Å². The van der Waals surface area contributed by atoms with Gasteiger partial charge in [-0.25, -0.2) is 13.2 Å². The van der Waals surface area contributed by atoms with E-state index in [0.29, 0.717) is 10.7 Å². The first-order chi connectivity index (χ1) is 14.6. The van der Waals surface area contributed by atoms with Gasteiger partial charge in [0.05, 0.1) is 5.69 Å². The van der Waals surface area contributed by atoms with Crippen LogP contribution in [0, 0.1) is 13.8 Å². The van der Waals surface area contributed by atoms with Gasteiger partial charge >= 0.3 is 5.69 Å². The van der Waals surface area contributed by atoms with Gasteiger partial charge in [0, 0.05) is 16.4 Å². The van der Waals surface area contributed by atoms with Crippen LogP contribution in [0.2, 0.25) is 5.02 Å². The Hall–Kier alpha value is -3.37. The van der Waals surface area contributed by atoms with E-state index in [0.717, 1.165) is 9.87 Å². The molecule has 0 bridgehead atoms. The van der Waals surface area contributed by atoms with Gasteiger partial charge in [-0.1, -0.05) is 29.3 Å². The monoisotopic (exact) mass is 462 g/mol. The summed E-state index contributed by atoms with van der Waals surface area (Å²) in [5.41, 5.74) is -0.551. The van der Waals surface area contributed by atoms with Crippen molar-refractivity contribution in [3.8, 4) is 0 Å². The zero-order valence-electron chi connectivity index (χ0n) is 16.6. The number of H-pyrrole nitrogens is 2. The number of carbonyl (C=O) groups is 1. The molecule has 0 fully saturated rings. The van der Waals surface area contributed by atoms with Crippen molar-refractivity contribution in [3.05, 3.63) is 85.6 Å². The molecule has 0 aliphatic heterocycles. The lowest BCUT2D eigenvalue weighted by molar-refractivity contribution is -0.114. The van der Waals surface area contributed by atoms with Crippen LogP contribution in [0.4, 0.5) is 11.4 Å². The van der Waals surface area contributed by atoms with E-state index in [4.69, 9.17) is 11.6 Å². The predicted molar refractivity (Wildman–Crippen MR) is 118 cm³/mol. The lowest BCUT2D eigenvalue weighted by Gasteiger charge is -2.24. The molecular formula is C20H19ClN4O5S. The van der Waals surface area contributed by atoms with E-state index in [-0.39, 0.29) is 11.4 Å². The summed E-state index contributed by atoms with van der Waals surface area (Å²) in [7, 11) is -4.50. The number of hydrogen-bond acceptors (Lipinski definition) is 5. The number of aromatic amines is 2. The number of sulfonamides is 1. The van der Waals surface area contributed by atoms with Crippen molar-refractivity contribution in [2.45, 2.75) is 18.7 Å². The molecular weight excluding hydrogens is 444 g/mol. The summed E-state index contributed by atoms with van der Waals surface area (Å²) in [4.78, 5) is 40.0. The lowest BCUT2D eigenvalue weighted by atomic mass is 10.2. The van der Waals surface area contributed by atoms with Crippen LogP contribution in [-0.4, -0.2) is 30.8 Å². The molecule has 1 amide bonds. The summed E-state index contributed by atoms with van der Waals surface area (Å²) in [5, 5.41) is 3.08. The summed E-state index contributed by atoms with van der Waals surface area (Å²) in [6.45, 7) is 2.52. The highest BCUT2D eigenvalue weighted by molar-refractivity contribution is 7.92. The summed E-state index contributed by atoms with van der Waals surface area (Å²) < 4.78 is 27.6. The molecule has 0 atom stereocenters. The highest BCUT2D eigenvalue weighted by Gasteiger charge is 2.31. The Morgan fingerprint density at radius 1 is 1.00 bits per heavy atom. The Kier molecular flexibility index (Phi) is 6.32. The van der Waals surface area contributed by atoms with Crippen LogP contribution in [0.15, 0.2) is 63.0 Å². The largest absolute Gasteiger partial charge is 0.325 e. The first-order valence-corrected chi connectivity index (χ1v) is 10.9. The Morgan fingerprint density at radius 2 is 1.61 bits per heavy atom. The van der Waals surface area contributed by atoms with Crippen molar-refractivity contribution in [2.24, 2.45) is 0 Å². The molecule has 2 aromatic carbocycles. The number of hydrogen-bond donors (Lipinski definition) is 3. The van der Waals surface area contributed by atoms with Gasteiger partial charge in [-0.2, -0.15) is 0 Å². The van der Waals surface area contributed by atoms with E-state index in [1.54, 1.807) is 36.4 Å². The molecule has 1 aromatic heterocycles. The summed E-state index contributed by atoms with van der Waals surface area (Å²) in [6.07, 6.45) is 0. The molecule has 0 radical (unpaired) electrons. The maximum atomic E-state index is 13.4. The third-order valence-corrected chi connectivity index (χ3v) is 6.54. The molecule has 31 heavy (non-hydrogen) atoms. The van der Waals surface area contributed by atoms with Crippen molar-refractivity contribution in [3.63, 3.8) is 0 Å². The minimum absolute atomic E-state index is 0.135. The van der Waals surface area contributed by atoms with Crippen LogP contribution in [0.1, 0.15) is 11.3 Å². The number of halogens is 1. The number of anilines is 2. The zero-order chi connectivity index (χ0) is 22.8. The van der Waals surface area contributed by atoms with Crippen LogP contribution in [0.25, 0.3) is 0 Å². The van der Waals surface area contributed by atoms with Crippen LogP contribution in [0.3, 0.4) is 0 Å². The van der Waals surface area contributed by atoms with Crippen molar-refractivity contribution in [1.82, 2.24) is 9.97 Å². The Labute approximate surface area is 182 Å². The number of aryl methyl sites for hydroxylation is 2. The first-order valence-electron chi connectivity index (χ1n) is 9.06. The summed E-state index contributed by atoms with van der Waals surface area (Å²) >= 11 is 5.84. The Bertz CT molecular complexity index is 1330. The van der Waals surface area contributed by atoms with Crippen molar-refractivity contribution < 1.29 is 13.2 Å². The van der Waals surface area contributed by atoms with Crippen LogP contribution >= 0.6 is 11.6 Å². The van der Waals surface area contributed by atoms with Gasteiger partial charge in [0.1, 0.15) is 6.54 Å². The number of aromatic nitrogens is 2. The molecule has 3 aromatic rings. The minimum atomic E-state index is -4.50. The molecule has 0 saturated heterocycles. The third kappa shape index (κ3) is 5.04. The second-order valence-corrected chi connectivity index (χ2v) is 9.00. The summed E-state index contributed by atoms with van der Waals surface area (Å²) in [6, 6.07) is 12.7. The van der Waals surface area contributed by atoms with Crippen LogP contribution < -0.4 is 20.9 Å². The topological polar surface area (TPSA) is 132 Å². The van der Waals surface area contributed by atoms with Gasteiger partial charge in [-0.15, -0.1) is 0 Å². The second-order valence-electron chi connectivity index (χ2n) is 6.76. The standard InChI is InChI=1S/C20H19ClN4O5S/c1-12-3-9-16(10-4-12)25(11-17(26)23-15-7-5-14(21)6-8-15)31(29,30)18-13(2)22-20(28)24-19(18)27/h3-10H,11H2,1-2H3,(H,23,26)(H2,22,24,27,28). The molecule has 0 unspecified atom stereocenters. The van der Waals surface area contributed by atoms with Gasteiger partial charge in [-0.05, 0) is 50.2 Å². The van der Waals surface area contributed by atoms with Gasteiger partial charge in [-0.3, -0.25) is 18.9 Å². The third-order valence-electron chi connectivity index (χ3n) is 4.36. The lowest BCUT2D eigenvalue weighted by Crippen LogP contribution is -2.42. The number of benzene rings is 2. The Balaban J connectivity index is 2.03. The minimum Gasteiger partial charge on any atom is -0.325 e. The zero-order valence-corrected chi connectivity index (χ0v) is 18.2. The van der Waals surface area contributed by atoms with E-state index >= 15 is 0 Å². The molecule has 11 heteroatoms. The van der Waals surface area contributed by atoms with E-state index < -0.39 is 38.6 Å². The van der Waals surface area contributed by atoms with Gasteiger partial charge in [0.15, 0.2) is 4.90 Å². The molecule has 3 rings (SSSR count). The fourth-order valence-corrected chi connectivity index (χ4v) is 4.66. The maximum Gasteiger partial charge on any atom is 0.325 e. The summed E-state index contributed by atoms with van der Waals surface area (Å²) in [5.74, 6) is -0.634. The quantitative estimate of drug-likeness (QED) is 0.516. The highest BCUT2D eigenvalue weighted by Crippen LogP contribution is 2.23. The fraction of sp³-hybridized carbons (Fsp3) is 0.150. The normalized spacial score (nSPS) is 11.2. The van der Waals surface area contributed by atoms with Crippen molar-refractivity contribution >= 4 is 38.9 Å². The highest BCUT2D eigenvalue weighted by atomic mass is 35.5. The molecule has 9 nitrogen and oxygen atoms in total. The van der Waals surface area contributed by atoms with Gasteiger partial charge < -0.3 is 10.3 Å².